The number of carbonyl (C=O) groups is 1. The van der Waals surface area contributed by atoms with Crippen molar-refractivity contribution in [2.75, 3.05) is 6.54 Å². The number of benzene rings is 1. The average molecular weight is 316 g/mol. The molecule has 0 bridgehead atoms. The van der Waals surface area contributed by atoms with Crippen molar-refractivity contribution < 1.29 is 18.0 Å². The first-order chi connectivity index (χ1) is 10.4. The van der Waals surface area contributed by atoms with Crippen LogP contribution >= 0.6 is 0 Å². The molecule has 1 aromatic carbocycles. The van der Waals surface area contributed by atoms with E-state index >= 15 is 0 Å². The van der Waals surface area contributed by atoms with Gasteiger partial charge in [0.1, 0.15) is 6.04 Å². The lowest BCUT2D eigenvalue weighted by Gasteiger charge is -2.21. The number of hydrogen-bond acceptors (Lipinski definition) is 2. The van der Waals surface area contributed by atoms with Crippen LogP contribution in [0.15, 0.2) is 30.3 Å². The fourth-order valence-electron chi connectivity index (χ4n) is 2.15. The molecule has 1 rings (SSSR count). The van der Waals surface area contributed by atoms with Crippen molar-refractivity contribution in [2.45, 2.75) is 50.7 Å². The maximum atomic E-state index is 13.0. The Balaban J connectivity index is 2.46. The Kier molecular flexibility index (Phi) is 7.95. The van der Waals surface area contributed by atoms with Gasteiger partial charge in [0.05, 0.1) is 0 Å². The van der Waals surface area contributed by atoms with Crippen molar-refractivity contribution in [3.63, 3.8) is 0 Å². The van der Waals surface area contributed by atoms with Gasteiger partial charge in [-0.3, -0.25) is 4.79 Å². The van der Waals surface area contributed by atoms with Crippen LogP contribution in [0, 0.1) is 0 Å². The van der Waals surface area contributed by atoms with Crippen LogP contribution < -0.4 is 11.1 Å². The van der Waals surface area contributed by atoms with Crippen LogP contribution in [0.25, 0.3) is 0 Å². The third-order valence-corrected chi connectivity index (χ3v) is 3.37. The van der Waals surface area contributed by atoms with E-state index in [-0.39, 0.29) is 12.8 Å². The van der Waals surface area contributed by atoms with E-state index in [0.717, 1.165) is 19.3 Å². The van der Waals surface area contributed by atoms with Crippen LogP contribution in [0.3, 0.4) is 0 Å². The SMILES string of the molecule is NCCCCCCC(=O)NC(Cc1ccccc1)C(F)(F)F. The summed E-state index contributed by atoms with van der Waals surface area (Å²) in [7, 11) is 0. The van der Waals surface area contributed by atoms with Crippen LogP contribution in [-0.2, 0) is 11.2 Å². The normalized spacial score (nSPS) is 12.9. The van der Waals surface area contributed by atoms with Gasteiger partial charge in [0.25, 0.3) is 0 Å². The summed E-state index contributed by atoms with van der Waals surface area (Å²) in [4.78, 5) is 11.7. The number of hydrogen-bond donors (Lipinski definition) is 2. The smallest absolute Gasteiger partial charge is 0.344 e. The maximum Gasteiger partial charge on any atom is 0.408 e. The Morgan fingerprint density at radius 1 is 1.09 bits per heavy atom. The lowest BCUT2D eigenvalue weighted by molar-refractivity contribution is -0.161. The third-order valence-electron chi connectivity index (χ3n) is 3.37. The van der Waals surface area contributed by atoms with Gasteiger partial charge in [0.15, 0.2) is 0 Å². The third kappa shape index (κ3) is 7.45. The van der Waals surface area contributed by atoms with E-state index in [2.05, 4.69) is 5.32 Å². The summed E-state index contributed by atoms with van der Waals surface area (Å²) >= 11 is 0. The number of nitrogens with two attached hydrogens (primary N) is 1. The quantitative estimate of drug-likeness (QED) is 0.688. The number of unbranched alkanes of at least 4 members (excludes halogenated alkanes) is 3. The molecule has 6 heteroatoms. The molecule has 1 amide bonds. The highest BCUT2D eigenvalue weighted by Crippen LogP contribution is 2.23. The van der Waals surface area contributed by atoms with Crippen LogP contribution in [0.4, 0.5) is 13.2 Å². The Morgan fingerprint density at radius 3 is 2.32 bits per heavy atom. The zero-order chi connectivity index (χ0) is 16.4. The monoisotopic (exact) mass is 316 g/mol. The summed E-state index contributed by atoms with van der Waals surface area (Å²) in [5.41, 5.74) is 5.90. The minimum absolute atomic E-state index is 0.117. The van der Waals surface area contributed by atoms with E-state index in [1.54, 1.807) is 30.3 Å². The molecule has 0 aliphatic carbocycles. The van der Waals surface area contributed by atoms with Gasteiger partial charge in [-0.15, -0.1) is 0 Å². The summed E-state index contributed by atoms with van der Waals surface area (Å²) < 4.78 is 39.1. The first kappa shape index (κ1) is 18.5. The van der Waals surface area contributed by atoms with E-state index in [9.17, 15) is 18.0 Å². The average Bonchev–Trinajstić information content (AvgIpc) is 2.46. The zero-order valence-electron chi connectivity index (χ0n) is 12.5. The van der Waals surface area contributed by atoms with Gasteiger partial charge < -0.3 is 11.1 Å². The van der Waals surface area contributed by atoms with Gasteiger partial charge in [0.2, 0.25) is 5.91 Å². The maximum absolute atomic E-state index is 13.0. The number of alkyl halides is 3. The first-order valence-corrected chi connectivity index (χ1v) is 7.53. The van der Waals surface area contributed by atoms with Gasteiger partial charge in [-0.1, -0.05) is 43.2 Å². The summed E-state index contributed by atoms with van der Waals surface area (Å²) in [6, 6.07) is 6.51. The Bertz CT molecular complexity index is 435. The molecular weight excluding hydrogens is 293 g/mol. The predicted molar refractivity (Wildman–Crippen MR) is 80.3 cm³/mol. The van der Waals surface area contributed by atoms with Crippen LogP contribution in [-0.4, -0.2) is 24.7 Å². The first-order valence-electron chi connectivity index (χ1n) is 7.53. The molecule has 3 nitrogen and oxygen atoms in total. The largest absolute Gasteiger partial charge is 0.408 e. The van der Waals surface area contributed by atoms with Crippen LogP contribution in [0.5, 0.6) is 0 Å². The summed E-state index contributed by atoms with van der Waals surface area (Å²) in [5, 5.41) is 2.11. The molecule has 22 heavy (non-hydrogen) atoms. The van der Waals surface area contributed by atoms with E-state index in [4.69, 9.17) is 5.73 Å². The fourth-order valence-corrected chi connectivity index (χ4v) is 2.15. The fraction of sp³-hybridized carbons (Fsp3) is 0.562. The second-order valence-electron chi connectivity index (χ2n) is 5.30. The molecule has 1 atom stereocenters. The van der Waals surface area contributed by atoms with Gasteiger partial charge in [-0.05, 0) is 24.9 Å². The summed E-state index contributed by atoms with van der Waals surface area (Å²) in [6.07, 6.45) is -1.42. The zero-order valence-corrected chi connectivity index (χ0v) is 12.5. The molecule has 0 aliphatic heterocycles. The van der Waals surface area contributed by atoms with Gasteiger partial charge >= 0.3 is 6.18 Å². The highest BCUT2D eigenvalue weighted by Gasteiger charge is 2.40. The molecular formula is C16H23F3N2O. The molecule has 1 aromatic rings. The Hall–Kier alpha value is -1.56. The molecule has 0 radical (unpaired) electrons. The number of rotatable bonds is 9. The molecule has 1 unspecified atom stereocenters. The lowest BCUT2D eigenvalue weighted by Crippen LogP contribution is -2.46. The molecule has 0 heterocycles. The number of nitrogens with one attached hydrogen (secondary N) is 1. The molecule has 0 fully saturated rings. The number of halogens is 3. The lowest BCUT2D eigenvalue weighted by atomic mass is 10.0. The Morgan fingerprint density at radius 2 is 1.73 bits per heavy atom. The summed E-state index contributed by atoms with van der Waals surface area (Å²) in [6.45, 7) is 0.597. The Labute approximate surface area is 129 Å². The highest BCUT2D eigenvalue weighted by molar-refractivity contribution is 5.76. The molecule has 0 aromatic heterocycles. The number of carbonyl (C=O) groups excluding carboxylic acids is 1. The second-order valence-corrected chi connectivity index (χ2v) is 5.30. The van der Waals surface area contributed by atoms with Crippen LogP contribution in [0.2, 0.25) is 0 Å². The minimum Gasteiger partial charge on any atom is -0.344 e. The van der Waals surface area contributed by atoms with E-state index in [0.29, 0.717) is 18.5 Å². The second kappa shape index (κ2) is 9.46. The highest BCUT2D eigenvalue weighted by atomic mass is 19.4. The van der Waals surface area contributed by atoms with E-state index in [1.807, 2.05) is 0 Å². The van der Waals surface area contributed by atoms with Gasteiger partial charge in [-0.2, -0.15) is 13.2 Å². The van der Waals surface area contributed by atoms with E-state index < -0.39 is 18.1 Å². The van der Waals surface area contributed by atoms with Crippen molar-refractivity contribution in [3.8, 4) is 0 Å². The molecule has 0 saturated carbocycles. The van der Waals surface area contributed by atoms with Crippen molar-refractivity contribution in [1.82, 2.24) is 5.32 Å². The number of amides is 1. The topological polar surface area (TPSA) is 55.1 Å². The minimum atomic E-state index is -4.45. The predicted octanol–water partition coefficient (Wildman–Crippen LogP) is 3.19. The molecule has 0 saturated heterocycles. The van der Waals surface area contributed by atoms with Gasteiger partial charge in [0, 0.05) is 12.8 Å². The summed E-state index contributed by atoms with van der Waals surface area (Å²) in [5.74, 6) is -0.550. The van der Waals surface area contributed by atoms with Crippen molar-refractivity contribution >= 4 is 5.91 Å². The van der Waals surface area contributed by atoms with Crippen molar-refractivity contribution in [1.29, 1.82) is 0 Å². The van der Waals surface area contributed by atoms with Crippen molar-refractivity contribution in [2.24, 2.45) is 5.73 Å². The van der Waals surface area contributed by atoms with Crippen molar-refractivity contribution in [3.05, 3.63) is 35.9 Å². The van der Waals surface area contributed by atoms with Crippen LogP contribution in [0.1, 0.15) is 37.7 Å². The standard InChI is InChI=1S/C16H23F3N2O/c17-16(18,19)14(12-13-8-4-3-5-9-13)21-15(22)10-6-1-2-7-11-20/h3-5,8-9,14H,1-2,6-7,10-12,20H2,(H,21,22). The molecule has 124 valence electrons. The molecule has 3 N–H and O–H groups in total. The van der Waals surface area contributed by atoms with Gasteiger partial charge in [-0.25, -0.2) is 0 Å². The molecule has 0 aliphatic rings. The molecule has 0 spiro atoms. The van der Waals surface area contributed by atoms with E-state index in [1.165, 1.54) is 0 Å².